The summed E-state index contributed by atoms with van der Waals surface area (Å²) in [6.07, 6.45) is 3.91. The summed E-state index contributed by atoms with van der Waals surface area (Å²) in [5.74, 6) is 0.291. The number of nitrogens with one attached hydrogen (secondary N) is 1. The third kappa shape index (κ3) is 1.85. The van der Waals surface area contributed by atoms with Crippen molar-refractivity contribution in [3.63, 3.8) is 0 Å². The lowest BCUT2D eigenvalue weighted by Crippen LogP contribution is -2.24. The number of rotatable bonds is 2. The second kappa shape index (κ2) is 4.01. The van der Waals surface area contributed by atoms with E-state index in [1.807, 2.05) is 0 Å². The summed E-state index contributed by atoms with van der Waals surface area (Å²) >= 11 is 0. The minimum absolute atomic E-state index is 0.291. The van der Waals surface area contributed by atoms with Crippen LogP contribution < -0.4 is 4.90 Å². The number of aromatic amines is 1. The molecule has 0 saturated heterocycles. The van der Waals surface area contributed by atoms with E-state index >= 15 is 0 Å². The number of carbonyl (C=O) groups is 1. The van der Waals surface area contributed by atoms with Crippen LogP contribution in [0.1, 0.15) is 0 Å². The Morgan fingerprint density at radius 2 is 2.12 bits per heavy atom. The van der Waals surface area contributed by atoms with Crippen molar-refractivity contribution >= 4 is 12.0 Å². The first kappa shape index (κ1) is 10.2. The molecule has 16 heavy (non-hydrogen) atoms. The summed E-state index contributed by atoms with van der Waals surface area (Å²) < 4.78 is 0. The number of anilines is 1. The van der Waals surface area contributed by atoms with Crippen molar-refractivity contribution in [1.29, 1.82) is 0 Å². The molecule has 0 radical (unpaired) electrons. The molecule has 0 atom stereocenters. The molecule has 1 amide bonds. The quantitative estimate of drug-likeness (QED) is 0.801. The molecule has 2 aromatic heterocycles. The van der Waals surface area contributed by atoms with E-state index in [1.54, 1.807) is 30.7 Å². The maximum absolute atomic E-state index is 10.7. The lowest BCUT2D eigenvalue weighted by Gasteiger charge is -2.07. The van der Waals surface area contributed by atoms with E-state index in [4.69, 9.17) is 5.11 Å². The van der Waals surface area contributed by atoms with Gasteiger partial charge in [-0.15, -0.1) is 0 Å². The first-order chi connectivity index (χ1) is 7.68. The van der Waals surface area contributed by atoms with Gasteiger partial charge in [-0.1, -0.05) is 0 Å². The number of hydrogen-bond donors (Lipinski definition) is 2. The third-order valence-electron chi connectivity index (χ3n) is 2.15. The highest BCUT2D eigenvalue weighted by Crippen LogP contribution is 2.18. The van der Waals surface area contributed by atoms with Gasteiger partial charge in [0.05, 0.1) is 5.69 Å². The predicted octanol–water partition coefficient (Wildman–Crippen LogP) is 1.59. The van der Waals surface area contributed by atoms with Crippen molar-refractivity contribution in [3.05, 3.63) is 30.7 Å². The molecule has 6 nitrogen and oxygen atoms in total. The molecule has 0 spiro atoms. The number of pyridine rings is 1. The third-order valence-corrected chi connectivity index (χ3v) is 2.15. The Morgan fingerprint density at radius 3 is 2.75 bits per heavy atom. The van der Waals surface area contributed by atoms with E-state index in [9.17, 15) is 4.79 Å². The SMILES string of the molecule is CN(C(=O)O)c1nc(-c2ccncc2)c[nH]1. The van der Waals surface area contributed by atoms with Crippen molar-refractivity contribution in [3.8, 4) is 11.3 Å². The Balaban J connectivity index is 2.30. The summed E-state index contributed by atoms with van der Waals surface area (Å²) in [5, 5.41) is 8.77. The second-order valence-corrected chi connectivity index (χ2v) is 3.19. The fourth-order valence-corrected chi connectivity index (χ4v) is 1.24. The number of carboxylic acid groups (broad SMARTS) is 1. The molecule has 0 aliphatic carbocycles. The lowest BCUT2D eigenvalue weighted by atomic mass is 10.2. The van der Waals surface area contributed by atoms with Gasteiger partial charge < -0.3 is 10.1 Å². The number of nitrogens with zero attached hydrogens (tertiary/aromatic N) is 3. The summed E-state index contributed by atoms with van der Waals surface area (Å²) in [5.41, 5.74) is 1.57. The van der Waals surface area contributed by atoms with Gasteiger partial charge in [0.2, 0.25) is 5.95 Å². The Kier molecular flexibility index (Phi) is 2.55. The zero-order valence-corrected chi connectivity index (χ0v) is 8.58. The van der Waals surface area contributed by atoms with Crippen LogP contribution in [0.5, 0.6) is 0 Å². The maximum Gasteiger partial charge on any atom is 0.413 e. The number of amides is 1. The summed E-state index contributed by atoms with van der Waals surface area (Å²) in [7, 11) is 1.43. The number of imidazole rings is 1. The number of aromatic nitrogens is 3. The Hall–Kier alpha value is -2.37. The molecule has 0 saturated carbocycles. The summed E-state index contributed by atoms with van der Waals surface area (Å²) in [6, 6.07) is 3.61. The molecule has 0 fully saturated rings. The molecule has 6 heteroatoms. The van der Waals surface area contributed by atoms with E-state index in [-0.39, 0.29) is 0 Å². The Morgan fingerprint density at radius 1 is 1.44 bits per heavy atom. The molecule has 0 aliphatic rings. The van der Waals surface area contributed by atoms with Crippen molar-refractivity contribution in [2.24, 2.45) is 0 Å². The summed E-state index contributed by atoms with van der Waals surface area (Å²) in [4.78, 5) is 22.6. The average Bonchev–Trinajstić information content (AvgIpc) is 2.78. The van der Waals surface area contributed by atoms with Gasteiger partial charge in [-0.25, -0.2) is 9.78 Å². The maximum atomic E-state index is 10.7. The van der Waals surface area contributed by atoms with Crippen LogP contribution in [0.4, 0.5) is 10.7 Å². The molecular weight excluding hydrogens is 208 g/mol. The van der Waals surface area contributed by atoms with Crippen molar-refractivity contribution in [2.45, 2.75) is 0 Å². The fraction of sp³-hybridized carbons (Fsp3) is 0.100. The molecule has 0 bridgehead atoms. The largest absolute Gasteiger partial charge is 0.465 e. The van der Waals surface area contributed by atoms with Crippen LogP contribution >= 0.6 is 0 Å². The van der Waals surface area contributed by atoms with Crippen LogP contribution in [0.15, 0.2) is 30.7 Å². The molecule has 2 rings (SSSR count). The molecule has 2 heterocycles. The second-order valence-electron chi connectivity index (χ2n) is 3.19. The highest BCUT2D eigenvalue weighted by Gasteiger charge is 2.12. The van der Waals surface area contributed by atoms with E-state index in [0.29, 0.717) is 11.6 Å². The zero-order valence-electron chi connectivity index (χ0n) is 8.58. The Bertz CT molecular complexity index is 495. The Labute approximate surface area is 91.6 Å². The zero-order chi connectivity index (χ0) is 11.5. The molecule has 82 valence electrons. The molecule has 2 N–H and O–H groups in total. The molecule has 0 aliphatic heterocycles. The van der Waals surface area contributed by atoms with Crippen molar-refractivity contribution < 1.29 is 9.90 Å². The van der Waals surface area contributed by atoms with Gasteiger partial charge in [0.1, 0.15) is 0 Å². The molecule has 2 aromatic rings. The molecular formula is C10H10N4O2. The first-order valence-electron chi connectivity index (χ1n) is 4.61. The standard InChI is InChI=1S/C10H10N4O2/c1-14(10(15)16)9-12-6-8(13-9)7-2-4-11-5-3-7/h2-6H,1H3,(H,12,13)(H,15,16). The van der Waals surface area contributed by atoms with Gasteiger partial charge in [-0.05, 0) is 12.1 Å². The molecule has 0 unspecified atom stereocenters. The topological polar surface area (TPSA) is 82.1 Å². The van der Waals surface area contributed by atoms with Crippen LogP contribution in [-0.4, -0.2) is 33.2 Å². The van der Waals surface area contributed by atoms with E-state index < -0.39 is 6.09 Å². The van der Waals surface area contributed by atoms with Gasteiger partial charge in [0.15, 0.2) is 0 Å². The van der Waals surface area contributed by atoms with E-state index in [1.165, 1.54) is 7.05 Å². The van der Waals surface area contributed by atoms with Crippen LogP contribution in [0.25, 0.3) is 11.3 Å². The van der Waals surface area contributed by atoms with Crippen LogP contribution in [0.3, 0.4) is 0 Å². The van der Waals surface area contributed by atoms with Crippen molar-refractivity contribution in [2.75, 3.05) is 11.9 Å². The number of H-pyrrole nitrogens is 1. The van der Waals surface area contributed by atoms with Gasteiger partial charge in [0.25, 0.3) is 0 Å². The van der Waals surface area contributed by atoms with Crippen LogP contribution in [0, 0.1) is 0 Å². The lowest BCUT2D eigenvalue weighted by molar-refractivity contribution is 0.203. The van der Waals surface area contributed by atoms with Crippen LogP contribution in [-0.2, 0) is 0 Å². The minimum Gasteiger partial charge on any atom is -0.465 e. The number of hydrogen-bond acceptors (Lipinski definition) is 3. The molecule has 0 aromatic carbocycles. The average molecular weight is 218 g/mol. The smallest absolute Gasteiger partial charge is 0.413 e. The van der Waals surface area contributed by atoms with Crippen LogP contribution in [0.2, 0.25) is 0 Å². The minimum atomic E-state index is -1.06. The van der Waals surface area contributed by atoms with Crippen molar-refractivity contribution in [1.82, 2.24) is 15.0 Å². The van der Waals surface area contributed by atoms with E-state index in [0.717, 1.165) is 10.5 Å². The monoisotopic (exact) mass is 218 g/mol. The van der Waals surface area contributed by atoms with Gasteiger partial charge in [0, 0.05) is 31.2 Å². The highest BCUT2D eigenvalue weighted by molar-refractivity contribution is 5.83. The first-order valence-corrected chi connectivity index (χ1v) is 4.61. The fourth-order valence-electron chi connectivity index (χ4n) is 1.24. The van der Waals surface area contributed by atoms with Gasteiger partial charge in [-0.2, -0.15) is 0 Å². The highest BCUT2D eigenvalue weighted by atomic mass is 16.4. The predicted molar refractivity (Wildman–Crippen MR) is 58.2 cm³/mol. The normalized spacial score (nSPS) is 10.1. The van der Waals surface area contributed by atoms with Gasteiger partial charge >= 0.3 is 6.09 Å². The van der Waals surface area contributed by atoms with E-state index in [2.05, 4.69) is 15.0 Å². The summed E-state index contributed by atoms with van der Waals surface area (Å²) in [6.45, 7) is 0. The van der Waals surface area contributed by atoms with Gasteiger partial charge in [-0.3, -0.25) is 9.88 Å².